The fourth-order valence-corrected chi connectivity index (χ4v) is 3.41. The predicted octanol–water partition coefficient (Wildman–Crippen LogP) is 2.76. The Morgan fingerprint density at radius 2 is 1.96 bits per heavy atom. The van der Waals surface area contributed by atoms with Crippen LogP contribution in [0.25, 0.3) is 0 Å². The first-order valence-corrected chi connectivity index (χ1v) is 9.04. The van der Waals surface area contributed by atoms with Crippen LogP contribution in [0.15, 0.2) is 30.3 Å². The first kappa shape index (κ1) is 17.2. The fraction of sp³-hybridized carbons (Fsp3) is 0.632. The minimum absolute atomic E-state index is 0.0285. The summed E-state index contributed by atoms with van der Waals surface area (Å²) in [6.07, 6.45) is 5.93. The van der Waals surface area contributed by atoms with Gasteiger partial charge in [-0.15, -0.1) is 0 Å². The number of benzene rings is 1. The number of carbonyl (C=O) groups excluding carboxylic acids is 1. The lowest BCUT2D eigenvalue weighted by Crippen LogP contribution is -2.49. The molecule has 0 aromatic heterocycles. The molecule has 0 radical (unpaired) electrons. The Kier molecular flexibility index (Phi) is 5.74. The molecule has 1 aromatic rings. The lowest BCUT2D eigenvalue weighted by Gasteiger charge is -2.33. The van der Waals surface area contributed by atoms with Crippen LogP contribution >= 0.6 is 0 Å². The molecule has 2 aliphatic rings. The van der Waals surface area contributed by atoms with E-state index in [1.165, 1.54) is 19.3 Å². The second-order valence-corrected chi connectivity index (χ2v) is 7.16. The number of hydrogen-bond acceptors (Lipinski definition) is 3. The van der Waals surface area contributed by atoms with Gasteiger partial charge in [0.05, 0.1) is 11.6 Å². The molecule has 2 amide bonds. The lowest BCUT2D eigenvalue weighted by atomic mass is 9.79. The van der Waals surface area contributed by atoms with Crippen LogP contribution in [-0.2, 0) is 4.74 Å². The Balaban J connectivity index is 1.54. The van der Waals surface area contributed by atoms with Crippen molar-refractivity contribution in [2.75, 3.05) is 19.8 Å². The van der Waals surface area contributed by atoms with E-state index in [2.05, 4.69) is 22.8 Å². The molecular formula is C19H28N2O3. The average molecular weight is 332 g/mol. The molecule has 2 fully saturated rings. The summed E-state index contributed by atoms with van der Waals surface area (Å²) in [5.41, 5.74) is 0.301. The quantitative estimate of drug-likeness (QED) is 0.750. The topological polar surface area (TPSA) is 70.6 Å². The highest BCUT2D eigenvalue weighted by atomic mass is 16.5. The number of ether oxygens (including phenoxy) is 1. The third-order valence-corrected chi connectivity index (χ3v) is 5.30. The second kappa shape index (κ2) is 7.99. The van der Waals surface area contributed by atoms with Crippen LogP contribution in [0, 0.1) is 5.92 Å². The first-order chi connectivity index (χ1) is 11.6. The maximum Gasteiger partial charge on any atom is 0.315 e. The van der Waals surface area contributed by atoms with Crippen molar-refractivity contribution < 1.29 is 14.6 Å². The molecule has 0 spiro atoms. The molecule has 1 unspecified atom stereocenters. The van der Waals surface area contributed by atoms with Gasteiger partial charge in [-0.1, -0.05) is 49.6 Å². The van der Waals surface area contributed by atoms with Crippen molar-refractivity contribution in [3.05, 3.63) is 35.9 Å². The van der Waals surface area contributed by atoms with E-state index in [0.29, 0.717) is 32.0 Å². The molecule has 1 saturated carbocycles. The zero-order valence-corrected chi connectivity index (χ0v) is 14.2. The normalized spacial score (nSPS) is 21.5. The smallest absolute Gasteiger partial charge is 0.315 e. The Morgan fingerprint density at radius 3 is 2.58 bits per heavy atom. The molecule has 5 heteroatoms. The number of nitrogens with one attached hydrogen (secondary N) is 2. The van der Waals surface area contributed by atoms with Crippen LogP contribution in [0.2, 0.25) is 0 Å². The third kappa shape index (κ3) is 4.71. The van der Waals surface area contributed by atoms with Crippen LogP contribution in [0.5, 0.6) is 0 Å². The van der Waals surface area contributed by atoms with Crippen molar-refractivity contribution in [3.8, 4) is 0 Å². The highest BCUT2D eigenvalue weighted by molar-refractivity contribution is 5.74. The number of urea groups is 1. The molecule has 3 N–H and O–H groups in total. The third-order valence-electron chi connectivity index (χ3n) is 5.30. The van der Waals surface area contributed by atoms with Gasteiger partial charge in [-0.25, -0.2) is 4.79 Å². The molecule has 1 aromatic carbocycles. The van der Waals surface area contributed by atoms with E-state index in [4.69, 9.17) is 4.74 Å². The Morgan fingerprint density at radius 1 is 1.25 bits per heavy atom. The highest BCUT2D eigenvalue weighted by Crippen LogP contribution is 2.34. The number of carbonyl (C=O) groups is 1. The van der Waals surface area contributed by atoms with E-state index in [1.54, 1.807) is 0 Å². The lowest BCUT2D eigenvalue weighted by molar-refractivity contribution is -0.0600. The first-order valence-electron chi connectivity index (χ1n) is 9.04. The molecule has 24 heavy (non-hydrogen) atoms. The molecule has 1 aliphatic heterocycles. The van der Waals surface area contributed by atoms with E-state index >= 15 is 0 Å². The van der Waals surface area contributed by atoms with Crippen molar-refractivity contribution in [2.24, 2.45) is 5.92 Å². The van der Waals surface area contributed by atoms with Gasteiger partial charge in [-0.2, -0.15) is 0 Å². The minimum Gasteiger partial charge on any atom is -0.388 e. The van der Waals surface area contributed by atoms with Crippen molar-refractivity contribution in [1.29, 1.82) is 0 Å². The van der Waals surface area contributed by atoms with Gasteiger partial charge >= 0.3 is 6.03 Å². The van der Waals surface area contributed by atoms with Crippen molar-refractivity contribution in [1.82, 2.24) is 10.6 Å². The molecule has 132 valence electrons. The van der Waals surface area contributed by atoms with Crippen LogP contribution in [0.1, 0.15) is 50.1 Å². The van der Waals surface area contributed by atoms with Crippen LogP contribution in [0.4, 0.5) is 4.79 Å². The predicted molar refractivity (Wildman–Crippen MR) is 92.7 cm³/mol. The van der Waals surface area contributed by atoms with E-state index in [1.807, 2.05) is 18.2 Å². The van der Waals surface area contributed by atoms with E-state index in [-0.39, 0.29) is 18.6 Å². The summed E-state index contributed by atoms with van der Waals surface area (Å²) < 4.78 is 5.27. The number of aliphatic hydroxyl groups is 1. The van der Waals surface area contributed by atoms with Gasteiger partial charge < -0.3 is 20.5 Å². The Bertz CT molecular complexity index is 525. The van der Waals surface area contributed by atoms with Gasteiger partial charge in [0.15, 0.2) is 0 Å². The SMILES string of the molecule is O=C(NCC1(O)CCOCC1)NC(CC1CCC1)c1ccccc1. The largest absolute Gasteiger partial charge is 0.388 e. The molecule has 1 atom stereocenters. The van der Waals surface area contributed by atoms with E-state index < -0.39 is 5.60 Å². The van der Waals surface area contributed by atoms with Gasteiger partial charge in [0.1, 0.15) is 0 Å². The van der Waals surface area contributed by atoms with Crippen LogP contribution in [-0.4, -0.2) is 36.5 Å². The molecular weight excluding hydrogens is 304 g/mol. The van der Waals surface area contributed by atoms with Crippen LogP contribution < -0.4 is 10.6 Å². The monoisotopic (exact) mass is 332 g/mol. The Hall–Kier alpha value is -1.59. The van der Waals surface area contributed by atoms with Crippen molar-refractivity contribution >= 4 is 6.03 Å². The molecule has 5 nitrogen and oxygen atoms in total. The summed E-state index contributed by atoms with van der Waals surface area (Å²) in [5, 5.41) is 16.4. The summed E-state index contributed by atoms with van der Waals surface area (Å²) in [4.78, 5) is 12.3. The summed E-state index contributed by atoms with van der Waals surface area (Å²) in [6, 6.07) is 9.96. The molecule has 3 rings (SSSR count). The van der Waals surface area contributed by atoms with Gasteiger partial charge in [-0.3, -0.25) is 0 Å². The number of rotatable bonds is 6. The maximum atomic E-state index is 12.3. The summed E-state index contributed by atoms with van der Waals surface area (Å²) >= 11 is 0. The molecule has 1 aliphatic carbocycles. The Labute approximate surface area is 143 Å². The van der Waals surface area contributed by atoms with E-state index in [0.717, 1.165) is 12.0 Å². The van der Waals surface area contributed by atoms with E-state index in [9.17, 15) is 9.90 Å². The molecule has 1 heterocycles. The van der Waals surface area contributed by atoms with Crippen molar-refractivity contribution in [3.63, 3.8) is 0 Å². The zero-order chi connectivity index (χ0) is 16.8. The highest BCUT2D eigenvalue weighted by Gasteiger charge is 2.30. The van der Waals surface area contributed by atoms with Gasteiger partial charge in [0.25, 0.3) is 0 Å². The van der Waals surface area contributed by atoms with Gasteiger partial charge in [0.2, 0.25) is 0 Å². The van der Waals surface area contributed by atoms with Gasteiger partial charge in [0, 0.05) is 32.6 Å². The standard InChI is InChI=1S/C19H28N2O3/c22-18(20-14-19(23)9-11-24-12-10-19)21-17(13-15-5-4-6-15)16-7-2-1-3-8-16/h1-3,7-8,15,17,23H,4-6,9-14H2,(H2,20,21,22). The summed E-state index contributed by atoms with van der Waals surface area (Å²) in [5.74, 6) is 0.704. The van der Waals surface area contributed by atoms with Crippen LogP contribution in [0.3, 0.4) is 0 Å². The summed E-state index contributed by atoms with van der Waals surface area (Å²) in [7, 11) is 0. The maximum absolute atomic E-state index is 12.3. The molecule has 0 bridgehead atoms. The average Bonchev–Trinajstić information content (AvgIpc) is 2.57. The number of amides is 2. The molecule has 1 saturated heterocycles. The summed E-state index contributed by atoms with van der Waals surface area (Å²) in [6.45, 7) is 1.37. The van der Waals surface area contributed by atoms with Crippen molar-refractivity contribution in [2.45, 2.75) is 50.2 Å². The minimum atomic E-state index is -0.841. The zero-order valence-electron chi connectivity index (χ0n) is 14.2. The fourth-order valence-electron chi connectivity index (χ4n) is 3.41. The second-order valence-electron chi connectivity index (χ2n) is 7.16. The number of hydrogen-bond donors (Lipinski definition) is 3. The van der Waals surface area contributed by atoms with Gasteiger partial charge in [-0.05, 0) is 17.9 Å².